The second-order valence-corrected chi connectivity index (χ2v) is 7.46. The number of aromatic nitrogens is 5. The Hall–Kier alpha value is -3.03. The van der Waals surface area contributed by atoms with Crippen molar-refractivity contribution in [2.75, 3.05) is 0 Å². The standard InChI is InChI=1S/C20H14ClN5OS/c21-13-7-9-14(10-8-13)26-19(17-6-3-11-27-17)24-25-20(26)28-12-18-22-15-4-1-2-5-16(15)23-18/h1-11H,12H2,(H,22,23). The van der Waals surface area contributed by atoms with Gasteiger partial charge in [0.25, 0.3) is 0 Å². The molecule has 3 aromatic heterocycles. The van der Waals surface area contributed by atoms with Crippen LogP contribution < -0.4 is 0 Å². The number of thioether (sulfide) groups is 1. The van der Waals surface area contributed by atoms with Gasteiger partial charge in [0.15, 0.2) is 10.9 Å². The molecule has 0 spiro atoms. The average molecular weight is 408 g/mol. The van der Waals surface area contributed by atoms with Crippen LogP contribution in [0.5, 0.6) is 0 Å². The minimum absolute atomic E-state index is 0.637. The first-order valence-electron chi connectivity index (χ1n) is 8.59. The maximum absolute atomic E-state index is 6.06. The molecule has 0 atom stereocenters. The molecule has 8 heteroatoms. The highest BCUT2D eigenvalue weighted by atomic mass is 35.5. The van der Waals surface area contributed by atoms with Crippen molar-refractivity contribution in [1.82, 2.24) is 24.7 Å². The molecule has 1 N–H and O–H groups in total. The molecule has 0 saturated heterocycles. The van der Waals surface area contributed by atoms with Crippen LogP contribution in [-0.4, -0.2) is 24.7 Å². The molecule has 0 saturated carbocycles. The Balaban J connectivity index is 1.50. The number of H-pyrrole nitrogens is 1. The average Bonchev–Trinajstić information content (AvgIpc) is 3.45. The molecule has 0 unspecified atom stereocenters. The maximum Gasteiger partial charge on any atom is 0.205 e. The number of nitrogens with zero attached hydrogens (tertiary/aromatic N) is 4. The Morgan fingerprint density at radius 1 is 1.00 bits per heavy atom. The fourth-order valence-electron chi connectivity index (χ4n) is 2.96. The third kappa shape index (κ3) is 3.19. The van der Waals surface area contributed by atoms with E-state index in [1.807, 2.05) is 65.2 Å². The van der Waals surface area contributed by atoms with E-state index < -0.39 is 0 Å². The van der Waals surface area contributed by atoms with E-state index in [2.05, 4.69) is 20.2 Å². The number of fused-ring (bicyclic) bond motifs is 1. The Morgan fingerprint density at radius 3 is 2.64 bits per heavy atom. The smallest absolute Gasteiger partial charge is 0.205 e. The van der Waals surface area contributed by atoms with Gasteiger partial charge in [0.05, 0.1) is 23.0 Å². The van der Waals surface area contributed by atoms with Crippen molar-refractivity contribution in [2.24, 2.45) is 0 Å². The number of halogens is 1. The minimum Gasteiger partial charge on any atom is -0.461 e. The van der Waals surface area contributed by atoms with Gasteiger partial charge in [0.1, 0.15) is 5.82 Å². The van der Waals surface area contributed by atoms with Crippen LogP contribution in [0.15, 0.2) is 76.5 Å². The third-order valence-corrected chi connectivity index (χ3v) is 5.43. The zero-order valence-corrected chi connectivity index (χ0v) is 16.1. The number of rotatable bonds is 5. The monoisotopic (exact) mass is 407 g/mol. The second kappa shape index (κ2) is 7.18. The normalized spacial score (nSPS) is 11.3. The molecule has 138 valence electrons. The van der Waals surface area contributed by atoms with Crippen molar-refractivity contribution in [3.05, 3.63) is 77.8 Å². The summed E-state index contributed by atoms with van der Waals surface area (Å²) < 4.78 is 7.51. The van der Waals surface area contributed by atoms with Gasteiger partial charge in [-0.2, -0.15) is 0 Å². The molecule has 5 rings (SSSR count). The van der Waals surface area contributed by atoms with Gasteiger partial charge in [-0.3, -0.25) is 4.57 Å². The number of imidazole rings is 1. The summed E-state index contributed by atoms with van der Waals surface area (Å²) >= 11 is 7.61. The zero-order chi connectivity index (χ0) is 18.9. The Morgan fingerprint density at radius 2 is 1.86 bits per heavy atom. The summed E-state index contributed by atoms with van der Waals surface area (Å²) in [5.41, 5.74) is 2.88. The van der Waals surface area contributed by atoms with Crippen molar-refractivity contribution >= 4 is 34.4 Å². The van der Waals surface area contributed by atoms with Crippen molar-refractivity contribution in [3.63, 3.8) is 0 Å². The summed E-state index contributed by atoms with van der Waals surface area (Å²) in [7, 11) is 0. The summed E-state index contributed by atoms with van der Waals surface area (Å²) in [4.78, 5) is 7.97. The van der Waals surface area contributed by atoms with E-state index in [9.17, 15) is 0 Å². The molecule has 6 nitrogen and oxygen atoms in total. The van der Waals surface area contributed by atoms with Crippen molar-refractivity contribution in [3.8, 4) is 17.3 Å². The number of para-hydroxylation sites is 2. The van der Waals surface area contributed by atoms with Crippen molar-refractivity contribution < 1.29 is 4.42 Å². The molecule has 0 bridgehead atoms. The first-order valence-corrected chi connectivity index (χ1v) is 9.96. The SMILES string of the molecule is Clc1ccc(-n2c(SCc3nc4ccccc4[nH]3)nnc2-c2ccco2)cc1. The Bertz CT molecular complexity index is 1190. The lowest BCUT2D eigenvalue weighted by Gasteiger charge is -2.09. The van der Waals surface area contributed by atoms with Crippen LogP contribution in [0.4, 0.5) is 0 Å². The molecule has 0 amide bonds. The van der Waals surface area contributed by atoms with Crippen LogP contribution in [-0.2, 0) is 5.75 Å². The molecule has 0 fully saturated rings. The number of benzene rings is 2. The number of furan rings is 1. The molecular weight excluding hydrogens is 394 g/mol. The van der Waals surface area contributed by atoms with E-state index in [4.69, 9.17) is 16.0 Å². The lowest BCUT2D eigenvalue weighted by molar-refractivity contribution is 0.575. The van der Waals surface area contributed by atoms with Crippen LogP contribution in [0, 0.1) is 0 Å². The van der Waals surface area contributed by atoms with Gasteiger partial charge in [0, 0.05) is 10.7 Å². The van der Waals surface area contributed by atoms with Gasteiger partial charge in [-0.05, 0) is 48.5 Å². The van der Waals surface area contributed by atoms with E-state index >= 15 is 0 Å². The number of aromatic amines is 1. The van der Waals surface area contributed by atoms with Gasteiger partial charge < -0.3 is 9.40 Å². The molecule has 0 radical (unpaired) electrons. The van der Waals surface area contributed by atoms with Crippen molar-refractivity contribution in [2.45, 2.75) is 10.9 Å². The highest BCUT2D eigenvalue weighted by Crippen LogP contribution is 2.30. The van der Waals surface area contributed by atoms with Gasteiger partial charge in [-0.25, -0.2) is 4.98 Å². The number of nitrogens with one attached hydrogen (secondary N) is 1. The zero-order valence-electron chi connectivity index (χ0n) is 14.5. The summed E-state index contributed by atoms with van der Waals surface area (Å²) in [5.74, 6) is 2.81. The van der Waals surface area contributed by atoms with Crippen molar-refractivity contribution in [1.29, 1.82) is 0 Å². The largest absolute Gasteiger partial charge is 0.461 e. The molecule has 0 aliphatic rings. The minimum atomic E-state index is 0.637. The summed E-state index contributed by atoms with van der Waals surface area (Å²) in [6, 6.07) is 19.2. The second-order valence-electron chi connectivity index (χ2n) is 6.08. The van der Waals surface area contributed by atoms with Crippen LogP contribution in [0.2, 0.25) is 5.02 Å². The third-order valence-electron chi connectivity index (χ3n) is 4.24. The lowest BCUT2D eigenvalue weighted by Crippen LogP contribution is -1.99. The first kappa shape index (κ1) is 17.1. The number of hydrogen-bond donors (Lipinski definition) is 1. The highest BCUT2D eigenvalue weighted by molar-refractivity contribution is 7.98. The van der Waals surface area contributed by atoms with Crippen LogP contribution in [0.1, 0.15) is 5.82 Å². The number of hydrogen-bond acceptors (Lipinski definition) is 5. The fraction of sp³-hybridized carbons (Fsp3) is 0.0500. The predicted molar refractivity (Wildman–Crippen MR) is 110 cm³/mol. The van der Waals surface area contributed by atoms with Crippen LogP contribution >= 0.6 is 23.4 Å². The predicted octanol–water partition coefficient (Wildman–Crippen LogP) is 5.35. The maximum atomic E-state index is 6.06. The summed E-state index contributed by atoms with van der Waals surface area (Å²) in [6.45, 7) is 0. The topological polar surface area (TPSA) is 72.5 Å². The molecule has 28 heavy (non-hydrogen) atoms. The molecule has 0 aliphatic heterocycles. The van der Waals surface area contributed by atoms with Crippen LogP contribution in [0.25, 0.3) is 28.3 Å². The van der Waals surface area contributed by atoms with Gasteiger partial charge in [-0.15, -0.1) is 10.2 Å². The summed E-state index contributed by atoms with van der Waals surface area (Å²) in [5, 5.41) is 10.1. The lowest BCUT2D eigenvalue weighted by atomic mass is 10.3. The van der Waals surface area contributed by atoms with E-state index in [-0.39, 0.29) is 0 Å². The Kier molecular flexibility index (Phi) is 4.38. The van der Waals surface area contributed by atoms with Gasteiger partial charge >= 0.3 is 0 Å². The Labute approximate surface area is 169 Å². The van der Waals surface area contributed by atoms with Gasteiger partial charge in [-0.1, -0.05) is 35.5 Å². The van der Waals surface area contributed by atoms with Crippen LogP contribution in [0.3, 0.4) is 0 Å². The fourth-order valence-corrected chi connectivity index (χ4v) is 3.91. The van der Waals surface area contributed by atoms with E-state index in [1.54, 1.807) is 18.0 Å². The quantitative estimate of drug-likeness (QED) is 0.397. The molecule has 5 aromatic rings. The summed E-state index contributed by atoms with van der Waals surface area (Å²) in [6.07, 6.45) is 1.62. The first-order chi connectivity index (χ1) is 13.8. The molecule has 0 aliphatic carbocycles. The van der Waals surface area contributed by atoms with Gasteiger partial charge in [0.2, 0.25) is 5.82 Å². The molecule has 3 heterocycles. The van der Waals surface area contributed by atoms with E-state index in [0.29, 0.717) is 22.4 Å². The van der Waals surface area contributed by atoms with E-state index in [0.717, 1.165) is 27.7 Å². The molecule has 2 aromatic carbocycles. The molecular formula is C20H14ClN5OS. The highest BCUT2D eigenvalue weighted by Gasteiger charge is 2.18. The van der Waals surface area contributed by atoms with E-state index in [1.165, 1.54) is 0 Å².